The van der Waals surface area contributed by atoms with Crippen molar-refractivity contribution in [3.63, 3.8) is 0 Å². The van der Waals surface area contributed by atoms with Crippen molar-refractivity contribution in [3.8, 4) is 11.8 Å². The van der Waals surface area contributed by atoms with Gasteiger partial charge in [0.15, 0.2) is 5.78 Å². The van der Waals surface area contributed by atoms with Crippen LogP contribution in [0.3, 0.4) is 0 Å². The van der Waals surface area contributed by atoms with Gasteiger partial charge in [-0.25, -0.2) is 0 Å². The third kappa shape index (κ3) is 8.61. The second-order valence-electron chi connectivity index (χ2n) is 7.11. The van der Waals surface area contributed by atoms with E-state index >= 15 is 0 Å². The molecule has 0 spiro atoms. The first-order valence-electron chi connectivity index (χ1n) is 9.58. The maximum atomic E-state index is 12.6. The van der Waals surface area contributed by atoms with Gasteiger partial charge in [-0.1, -0.05) is 11.6 Å². The molecule has 0 fully saturated rings. The van der Waals surface area contributed by atoms with Gasteiger partial charge in [0.05, 0.1) is 23.4 Å². The molecule has 4 nitrogen and oxygen atoms in total. The Bertz CT molecular complexity index is 868. The maximum Gasteiger partial charge on any atom is 0.389 e. The fraction of sp³-hybridized carbons (Fsp3) is 0.524. The van der Waals surface area contributed by atoms with E-state index in [1.54, 1.807) is 13.0 Å². The predicted molar refractivity (Wildman–Crippen MR) is 110 cm³/mol. The second-order valence-corrected chi connectivity index (χ2v) is 7.48. The van der Waals surface area contributed by atoms with Crippen LogP contribution in [-0.2, 0) is 4.79 Å². The molecule has 0 aliphatic rings. The molecular weight excluding hydrogens is 462 g/mol. The number of alkyl halides is 6. The first-order valence-corrected chi connectivity index (χ1v) is 9.96. The van der Waals surface area contributed by atoms with E-state index in [0.717, 1.165) is 0 Å². The summed E-state index contributed by atoms with van der Waals surface area (Å²) < 4.78 is 80.9. The molecule has 11 heteroatoms. The Kier molecular flexibility index (Phi) is 9.89. The predicted octanol–water partition coefficient (Wildman–Crippen LogP) is 6.64. The molecule has 0 saturated heterocycles. The summed E-state index contributed by atoms with van der Waals surface area (Å²) in [6, 6.07) is 3.20. The second kappa shape index (κ2) is 11.5. The molecule has 0 aliphatic heterocycles. The Hall–Kier alpha value is -2.41. The fourth-order valence-corrected chi connectivity index (χ4v) is 3.30. The van der Waals surface area contributed by atoms with Gasteiger partial charge < -0.3 is 9.64 Å². The smallest absolute Gasteiger partial charge is 0.389 e. The third-order valence-corrected chi connectivity index (χ3v) is 5.06. The molecule has 32 heavy (non-hydrogen) atoms. The number of allylic oxidation sites excluding steroid dienone is 1. The van der Waals surface area contributed by atoms with E-state index in [0.29, 0.717) is 11.1 Å². The SMILES string of the molecule is COc1cc(/C=C(/C#N)C(C)=O)c(C)c(Cl)c1N(CCCC(F)(F)F)CCCC(F)(F)F. The number of halogens is 7. The van der Waals surface area contributed by atoms with Gasteiger partial charge in [-0.2, -0.15) is 31.6 Å². The summed E-state index contributed by atoms with van der Waals surface area (Å²) in [5.74, 6) is -0.376. The molecule has 0 saturated carbocycles. The number of nitrogens with zero attached hydrogens (tertiary/aromatic N) is 2. The molecule has 0 atom stereocenters. The average molecular weight is 485 g/mol. The third-order valence-electron chi connectivity index (χ3n) is 4.60. The summed E-state index contributed by atoms with van der Waals surface area (Å²) in [4.78, 5) is 12.9. The van der Waals surface area contributed by atoms with Crippen LogP contribution in [0.2, 0.25) is 5.02 Å². The van der Waals surface area contributed by atoms with E-state index in [2.05, 4.69) is 0 Å². The summed E-state index contributed by atoms with van der Waals surface area (Å²) in [7, 11) is 1.28. The zero-order chi connectivity index (χ0) is 24.7. The van der Waals surface area contributed by atoms with Crippen molar-refractivity contribution in [2.24, 2.45) is 0 Å². The van der Waals surface area contributed by atoms with Crippen molar-refractivity contribution in [1.29, 1.82) is 5.26 Å². The summed E-state index contributed by atoms with van der Waals surface area (Å²) in [5, 5.41) is 9.17. The maximum absolute atomic E-state index is 12.6. The molecule has 1 aromatic rings. The van der Waals surface area contributed by atoms with Crippen LogP contribution >= 0.6 is 11.6 Å². The summed E-state index contributed by atoms with van der Waals surface area (Å²) in [5.41, 5.74) is 0.779. The number of Topliss-reactive ketones (excluding diaryl/α,β-unsaturated/α-hetero) is 1. The van der Waals surface area contributed by atoms with Gasteiger partial charge >= 0.3 is 12.4 Å². The summed E-state index contributed by atoms with van der Waals surface area (Å²) in [6.45, 7) is 2.38. The van der Waals surface area contributed by atoms with Crippen LogP contribution in [0, 0.1) is 18.3 Å². The highest BCUT2D eigenvalue weighted by Gasteiger charge is 2.29. The molecule has 0 radical (unpaired) electrons. The van der Waals surface area contributed by atoms with E-state index < -0.39 is 31.0 Å². The van der Waals surface area contributed by atoms with Crippen molar-refractivity contribution in [1.82, 2.24) is 0 Å². The highest BCUT2D eigenvalue weighted by molar-refractivity contribution is 6.34. The van der Waals surface area contributed by atoms with Gasteiger partial charge in [-0.05, 0) is 50.0 Å². The van der Waals surface area contributed by atoms with Crippen molar-refractivity contribution in [2.75, 3.05) is 25.1 Å². The zero-order valence-electron chi connectivity index (χ0n) is 17.8. The van der Waals surface area contributed by atoms with Crippen molar-refractivity contribution < 1.29 is 35.9 Å². The number of hydrogen-bond donors (Lipinski definition) is 0. The number of ether oxygens (including phenoxy) is 1. The van der Waals surface area contributed by atoms with Gasteiger partial charge in [0.25, 0.3) is 0 Å². The number of carbonyl (C=O) groups is 1. The number of rotatable bonds is 10. The first kappa shape index (κ1) is 27.6. The lowest BCUT2D eigenvalue weighted by molar-refractivity contribution is -0.135. The van der Waals surface area contributed by atoms with Gasteiger partial charge in [0.1, 0.15) is 11.8 Å². The van der Waals surface area contributed by atoms with Gasteiger partial charge in [0.2, 0.25) is 0 Å². The molecule has 0 aliphatic carbocycles. The average Bonchev–Trinajstić information content (AvgIpc) is 2.65. The minimum atomic E-state index is -4.41. The Morgan fingerprint density at radius 2 is 1.66 bits per heavy atom. The zero-order valence-corrected chi connectivity index (χ0v) is 18.5. The summed E-state index contributed by atoms with van der Waals surface area (Å²) in [6.07, 6.45) is -10.4. The first-order chi connectivity index (χ1) is 14.7. The minimum absolute atomic E-state index is 0.0514. The van der Waals surface area contributed by atoms with Crippen LogP contribution < -0.4 is 9.64 Å². The highest BCUT2D eigenvalue weighted by Crippen LogP contribution is 2.41. The topological polar surface area (TPSA) is 53.3 Å². The molecule has 0 aromatic heterocycles. The van der Waals surface area contributed by atoms with Gasteiger partial charge in [-0.15, -0.1) is 0 Å². The molecule has 0 bridgehead atoms. The van der Waals surface area contributed by atoms with Gasteiger partial charge in [0, 0.05) is 25.9 Å². The molecule has 1 rings (SSSR count). The number of nitriles is 1. The Labute approximate surface area is 187 Å². The fourth-order valence-electron chi connectivity index (χ4n) is 2.97. The van der Waals surface area contributed by atoms with E-state index in [9.17, 15) is 31.1 Å². The Morgan fingerprint density at radius 3 is 2.03 bits per heavy atom. The van der Waals surface area contributed by atoms with E-state index in [-0.39, 0.29) is 48.0 Å². The number of carbonyl (C=O) groups excluding carboxylic acids is 1. The molecular formula is C21H23ClF6N2O2. The molecule has 0 N–H and O–H groups in total. The lowest BCUT2D eigenvalue weighted by Crippen LogP contribution is -2.29. The Balaban J connectivity index is 3.41. The standard InChI is InChI=1S/C21H23ClF6N2O2/c1-13-15(10-16(12-29)14(2)31)11-17(32-3)19(18(13)22)30(8-4-6-20(23,24)25)9-5-7-21(26,27)28/h10-11H,4-9H2,1-3H3/b16-10-. The van der Waals surface area contributed by atoms with Crippen molar-refractivity contribution >= 4 is 29.1 Å². The van der Waals surface area contributed by atoms with E-state index in [4.69, 9.17) is 21.6 Å². The largest absolute Gasteiger partial charge is 0.495 e. The van der Waals surface area contributed by atoms with E-state index in [1.807, 2.05) is 0 Å². The number of hydrogen-bond acceptors (Lipinski definition) is 4. The normalized spacial score (nSPS) is 12.5. The van der Waals surface area contributed by atoms with Gasteiger partial charge in [-0.3, -0.25) is 4.79 Å². The van der Waals surface area contributed by atoms with Crippen LogP contribution in [0.1, 0.15) is 43.7 Å². The summed E-state index contributed by atoms with van der Waals surface area (Å²) >= 11 is 6.46. The molecule has 178 valence electrons. The number of ketones is 1. The lowest BCUT2D eigenvalue weighted by Gasteiger charge is -2.29. The van der Waals surface area contributed by atoms with Crippen LogP contribution in [0.15, 0.2) is 11.6 Å². The molecule has 0 amide bonds. The quantitative estimate of drug-likeness (QED) is 0.212. The Morgan fingerprint density at radius 1 is 1.16 bits per heavy atom. The molecule has 1 aromatic carbocycles. The monoisotopic (exact) mass is 484 g/mol. The van der Waals surface area contributed by atoms with Crippen LogP contribution in [-0.4, -0.2) is 38.3 Å². The number of anilines is 1. The highest BCUT2D eigenvalue weighted by atomic mass is 35.5. The van der Waals surface area contributed by atoms with Crippen molar-refractivity contribution in [2.45, 2.75) is 51.9 Å². The number of methoxy groups -OCH3 is 1. The lowest BCUT2D eigenvalue weighted by atomic mass is 10.0. The minimum Gasteiger partial charge on any atom is -0.495 e. The number of benzene rings is 1. The molecule has 0 heterocycles. The molecule has 0 unspecified atom stereocenters. The van der Waals surface area contributed by atoms with Crippen LogP contribution in [0.4, 0.5) is 32.0 Å². The van der Waals surface area contributed by atoms with Crippen LogP contribution in [0.25, 0.3) is 6.08 Å². The van der Waals surface area contributed by atoms with Crippen molar-refractivity contribution in [3.05, 3.63) is 27.8 Å². The van der Waals surface area contributed by atoms with E-state index in [1.165, 1.54) is 31.1 Å². The van der Waals surface area contributed by atoms with Crippen LogP contribution in [0.5, 0.6) is 5.75 Å².